The topological polar surface area (TPSA) is 104 Å². The van der Waals surface area contributed by atoms with Crippen LogP contribution < -0.4 is 16.0 Å². The molecule has 0 aromatic carbocycles. The Bertz CT molecular complexity index is 789. The minimum Gasteiger partial charge on any atom is -0.381 e. The fraction of sp³-hybridized carbons (Fsp3) is 0.444. The third-order valence-corrected chi connectivity index (χ3v) is 4.88. The lowest BCUT2D eigenvalue weighted by atomic mass is 9.96. The van der Waals surface area contributed by atoms with Crippen molar-refractivity contribution in [3.63, 3.8) is 0 Å². The van der Waals surface area contributed by atoms with E-state index in [0.29, 0.717) is 29.8 Å². The maximum Gasteiger partial charge on any atom is 0.247 e. The fourth-order valence-corrected chi connectivity index (χ4v) is 3.33. The van der Waals surface area contributed by atoms with Gasteiger partial charge in [-0.3, -0.25) is 15.4 Å². The van der Waals surface area contributed by atoms with Crippen LogP contribution in [0.25, 0.3) is 11.3 Å². The Morgan fingerprint density at radius 1 is 1.23 bits per heavy atom. The minimum atomic E-state index is 0.00985. The highest BCUT2D eigenvalue weighted by molar-refractivity contribution is 6.00. The number of ether oxygens (including phenoxy) is 1. The lowest BCUT2D eigenvalue weighted by Gasteiger charge is -2.30. The van der Waals surface area contributed by atoms with Gasteiger partial charge in [-0.05, 0) is 37.3 Å². The molecule has 135 valence electrons. The van der Waals surface area contributed by atoms with Gasteiger partial charge in [-0.2, -0.15) is 0 Å². The van der Waals surface area contributed by atoms with Gasteiger partial charge in [-0.1, -0.05) is 0 Å². The summed E-state index contributed by atoms with van der Waals surface area (Å²) in [5.41, 5.74) is 8.92. The quantitative estimate of drug-likeness (QED) is 0.902. The number of rotatable bonds is 4. The lowest BCUT2D eigenvalue weighted by Crippen LogP contribution is -2.42. The zero-order chi connectivity index (χ0) is 17.9. The molecular weight excluding hydrogens is 332 g/mol. The van der Waals surface area contributed by atoms with Crippen LogP contribution in [0.4, 0.5) is 17.5 Å². The zero-order valence-corrected chi connectivity index (χ0v) is 14.4. The maximum absolute atomic E-state index is 12.5. The van der Waals surface area contributed by atoms with Gasteiger partial charge in [-0.25, -0.2) is 15.0 Å². The van der Waals surface area contributed by atoms with Crippen molar-refractivity contribution in [1.29, 1.82) is 0 Å². The molecule has 0 unspecified atom stereocenters. The van der Waals surface area contributed by atoms with Gasteiger partial charge in [0.2, 0.25) is 5.91 Å². The van der Waals surface area contributed by atoms with Gasteiger partial charge >= 0.3 is 0 Å². The molecule has 1 radical (unpaired) electrons. The summed E-state index contributed by atoms with van der Waals surface area (Å²) in [6.45, 7) is 2.49. The van der Waals surface area contributed by atoms with Gasteiger partial charge in [0.25, 0.3) is 0 Å². The van der Waals surface area contributed by atoms with Crippen LogP contribution in [0.1, 0.15) is 19.3 Å². The molecule has 2 aliphatic heterocycles. The largest absolute Gasteiger partial charge is 0.381 e. The summed E-state index contributed by atoms with van der Waals surface area (Å²) >= 11 is 0. The molecule has 2 aliphatic rings. The number of nitrogens with zero attached hydrogens (tertiary/aromatic N) is 4. The molecule has 2 aromatic heterocycles. The van der Waals surface area contributed by atoms with Gasteiger partial charge < -0.3 is 10.1 Å². The van der Waals surface area contributed by atoms with E-state index in [1.165, 1.54) is 0 Å². The smallest absolute Gasteiger partial charge is 0.247 e. The van der Waals surface area contributed by atoms with Crippen LogP contribution in [0.3, 0.4) is 0 Å². The molecule has 0 atom stereocenters. The predicted octanol–water partition coefficient (Wildman–Crippen LogP) is 2.03. The van der Waals surface area contributed by atoms with Crippen LogP contribution >= 0.6 is 0 Å². The predicted molar refractivity (Wildman–Crippen MR) is 97.0 cm³/mol. The lowest BCUT2D eigenvalue weighted by molar-refractivity contribution is -0.117. The molecule has 2 N–H and O–H groups in total. The van der Waals surface area contributed by atoms with Crippen LogP contribution in [-0.4, -0.2) is 47.2 Å². The van der Waals surface area contributed by atoms with E-state index in [2.05, 4.69) is 20.3 Å². The zero-order valence-electron chi connectivity index (χ0n) is 14.4. The summed E-state index contributed by atoms with van der Waals surface area (Å²) in [5.74, 6) is 2.00. The van der Waals surface area contributed by atoms with E-state index in [0.717, 1.165) is 38.0 Å². The Morgan fingerprint density at radius 2 is 2.08 bits per heavy atom. The molecule has 4 rings (SSSR count). The highest BCUT2D eigenvalue weighted by Crippen LogP contribution is 2.30. The first-order valence-corrected chi connectivity index (χ1v) is 8.88. The second-order valence-corrected chi connectivity index (χ2v) is 6.60. The SMILES string of the molecule is [NH]c1ccc(-c2cnc3c(n2)N(CCC2CCOCC2)C(=O)CN3)cn1. The van der Waals surface area contributed by atoms with E-state index in [4.69, 9.17) is 10.5 Å². The molecule has 1 amide bonds. The number of pyridine rings is 1. The van der Waals surface area contributed by atoms with Crippen molar-refractivity contribution >= 4 is 23.4 Å². The van der Waals surface area contributed by atoms with Gasteiger partial charge in [0, 0.05) is 31.5 Å². The van der Waals surface area contributed by atoms with Crippen molar-refractivity contribution in [2.45, 2.75) is 19.3 Å². The van der Waals surface area contributed by atoms with Crippen molar-refractivity contribution < 1.29 is 9.53 Å². The maximum atomic E-state index is 12.5. The first kappa shape index (κ1) is 16.7. The Hall–Kier alpha value is -2.74. The van der Waals surface area contributed by atoms with E-state index in [-0.39, 0.29) is 18.3 Å². The number of nitrogens with one attached hydrogen (secondary N) is 2. The third kappa shape index (κ3) is 3.45. The first-order valence-electron chi connectivity index (χ1n) is 8.88. The summed E-state index contributed by atoms with van der Waals surface area (Å²) < 4.78 is 5.41. The van der Waals surface area contributed by atoms with Gasteiger partial charge in [-0.15, -0.1) is 0 Å². The van der Waals surface area contributed by atoms with E-state index < -0.39 is 0 Å². The molecule has 8 heteroatoms. The van der Waals surface area contributed by atoms with Crippen molar-refractivity contribution in [3.05, 3.63) is 24.5 Å². The highest BCUT2D eigenvalue weighted by atomic mass is 16.5. The van der Waals surface area contributed by atoms with Crippen LogP contribution in [0.5, 0.6) is 0 Å². The summed E-state index contributed by atoms with van der Waals surface area (Å²) in [4.78, 5) is 27.3. The van der Waals surface area contributed by atoms with Crippen LogP contribution in [0.15, 0.2) is 24.5 Å². The minimum absolute atomic E-state index is 0.00985. The summed E-state index contributed by atoms with van der Waals surface area (Å²) in [6, 6.07) is 3.40. The molecule has 1 fully saturated rings. The summed E-state index contributed by atoms with van der Waals surface area (Å²) in [6.07, 6.45) is 6.30. The number of carbonyl (C=O) groups excluding carboxylic acids is 1. The number of aromatic nitrogens is 3. The van der Waals surface area contributed by atoms with Crippen LogP contribution in [0, 0.1) is 5.92 Å². The Balaban J connectivity index is 1.57. The second-order valence-electron chi connectivity index (χ2n) is 6.60. The number of fused-ring (bicyclic) bond motifs is 1. The molecule has 26 heavy (non-hydrogen) atoms. The van der Waals surface area contributed by atoms with E-state index in [9.17, 15) is 4.79 Å². The van der Waals surface area contributed by atoms with Crippen LogP contribution in [0.2, 0.25) is 0 Å². The average Bonchev–Trinajstić information content (AvgIpc) is 2.68. The third-order valence-electron chi connectivity index (χ3n) is 4.88. The fourth-order valence-electron chi connectivity index (χ4n) is 3.33. The number of anilines is 2. The number of hydrogen-bond donors (Lipinski definition) is 1. The number of hydrogen-bond acceptors (Lipinski definition) is 6. The van der Waals surface area contributed by atoms with E-state index >= 15 is 0 Å². The molecule has 0 spiro atoms. The number of carbonyl (C=O) groups is 1. The van der Waals surface area contributed by atoms with Crippen molar-refractivity contribution in [1.82, 2.24) is 20.7 Å². The Kier molecular flexibility index (Phi) is 4.66. The standard InChI is InChI=1S/C18H21N6O2/c19-15-2-1-13(9-20-15)14-10-21-17-18(23-14)24(16(25)11-22-17)6-3-12-4-7-26-8-5-12/h1-2,9-10,12,19H,3-8,11H2,(H,21,22). The molecule has 4 heterocycles. The highest BCUT2D eigenvalue weighted by Gasteiger charge is 2.28. The molecule has 0 bridgehead atoms. The number of amides is 1. The summed E-state index contributed by atoms with van der Waals surface area (Å²) in [7, 11) is 0. The van der Waals surface area contributed by atoms with E-state index in [1.807, 2.05) is 0 Å². The monoisotopic (exact) mass is 353 g/mol. The summed E-state index contributed by atoms with van der Waals surface area (Å²) in [5, 5.41) is 3.04. The molecule has 0 aliphatic carbocycles. The van der Waals surface area contributed by atoms with Crippen molar-refractivity contribution in [2.75, 3.05) is 36.5 Å². The Morgan fingerprint density at radius 3 is 2.85 bits per heavy atom. The van der Waals surface area contributed by atoms with Crippen molar-refractivity contribution in [2.24, 2.45) is 5.92 Å². The second kappa shape index (κ2) is 7.25. The first-order chi connectivity index (χ1) is 12.7. The Labute approximate surface area is 151 Å². The normalized spacial score (nSPS) is 17.7. The van der Waals surface area contributed by atoms with Gasteiger partial charge in [0.05, 0.1) is 18.4 Å². The molecular formula is C18H21N6O2. The molecule has 2 aromatic rings. The van der Waals surface area contributed by atoms with Crippen LogP contribution in [-0.2, 0) is 9.53 Å². The van der Waals surface area contributed by atoms with Gasteiger partial charge in [0.15, 0.2) is 11.6 Å². The molecule has 0 saturated carbocycles. The molecule has 1 saturated heterocycles. The molecule has 8 nitrogen and oxygen atoms in total. The van der Waals surface area contributed by atoms with E-state index in [1.54, 1.807) is 29.4 Å². The average molecular weight is 353 g/mol. The van der Waals surface area contributed by atoms with Gasteiger partial charge in [0.1, 0.15) is 5.82 Å². The van der Waals surface area contributed by atoms with Crippen molar-refractivity contribution in [3.8, 4) is 11.3 Å².